The van der Waals surface area contributed by atoms with Gasteiger partial charge in [-0.25, -0.2) is 8.42 Å². The second-order valence-corrected chi connectivity index (χ2v) is 13.2. The van der Waals surface area contributed by atoms with Crippen molar-refractivity contribution in [3.8, 4) is 0 Å². The number of hydrogen-bond acceptors (Lipinski definition) is 4. The number of carbonyl (C=O) groups is 2. The van der Waals surface area contributed by atoms with Crippen LogP contribution in [0, 0.1) is 13.8 Å². The van der Waals surface area contributed by atoms with Crippen LogP contribution in [0.2, 0.25) is 0 Å². The molecule has 3 rings (SSSR count). The van der Waals surface area contributed by atoms with Crippen LogP contribution >= 0.6 is 0 Å². The van der Waals surface area contributed by atoms with E-state index in [1.54, 1.807) is 36.4 Å². The quantitative estimate of drug-likeness (QED) is 0.251. The molecule has 0 spiro atoms. The van der Waals surface area contributed by atoms with Crippen molar-refractivity contribution in [2.75, 3.05) is 10.8 Å². The number of nitrogens with zero attached hydrogens (tertiary/aromatic N) is 2. The third-order valence-corrected chi connectivity index (χ3v) is 9.35. The molecule has 0 fully saturated rings. The molecule has 8 heteroatoms. The van der Waals surface area contributed by atoms with Gasteiger partial charge in [-0.2, -0.15) is 0 Å². The number of rotatable bonds is 13. The van der Waals surface area contributed by atoms with E-state index >= 15 is 0 Å². The van der Waals surface area contributed by atoms with Gasteiger partial charge in [0.1, 0.15) is 12.6 Å². The number of benzene rings is 3. The molecule has 42 heavy (non-hydrogen) atoms. The molecule has 7 nitrogen and oxygen atoms in total. The van der Waals surface area contributed by atoms with E-state index in [1.807, 2.05) is 71.0 Å². The molecule has 226 valence electrons. The van der Waals surface area contributed by atoms with Crippen LogP contribution in [0.3, 0.4) is 0 Å². The topological polar surface area (TPSA) is 86.8 Å². The Morgan fingerprint density at radius 1 is 0.833 bits per heavy atom. The van der Waals surface area contributed by atoms with E-state index in [9.17, 15) is 18.0 Å². The third-order valence-electron chi connectivity index (χ3n) is 7.56. The molecule has 3 aromatic rings. The molecule has 0 saturated carbocycles. The van der Waals surface area contributed by atoms with Crippen molar-refractivity contribution in [3.05, 3.63) is 95.1 Å². The van der Waals surface area contributed by atoms with Crippen LogP contribution in [0.5, 0.6) is 0 Å². The maximum Gasteiger partial charge on any atom is 0.264 e. The van der Waals surface area contributed by atoms with Gasteiger partial charge >= 0.3 is 0 Å². The summed E-state index contributed by atoms with van der Waals surface area (Å²) in [4.78, 5) is 29.3. The Labute approximate surface area is 252 Å². The molecule has 0 aliphatic rings. The summed E-state index contributed by atoms with van der Waals surface area (Å²) >= 11 is 0. The number of anilines is 1. The van der Waals surface area contributed by atoms with Crippen molar-refractivity contribution in [1.29, 1.82) is 0 Å². The Balaban J connectivity index is 2.08. The highest BCUT2D eigenvalue weighted by Gasteiger charge is 2.34. The van der Waals surface area contributed by atoms with Crippen molar-refractivity contribution in [2.24, 2.45) is 0 Å². The molecule has 0 unspecified atom stereocenters. The van der Waals surface area contributed by atoms with Gasteiger partial charge in [-0.3, -0.25) is 13.9 Å². The fourth-order valence-electron chi connectivity index (χ4n) is 4.76. The average Bonchev–Trinajstić information content (AvgIpc) is 2.95. The van der Waals surface area contributed by atoms with E-state index in [-0.39, 0.29) is 29.3 Å². The molecule has 2 atom stereocenters. The fourth-order valence-corrected chi connectivity index (χ4v) is 6.17. The van der Waals surface area contributed by atoms with Gasteiger partial charge in [-0.05, 0) is 74.9 Å². The van der Waals surface area contributed by atoms with Crippen molar-refractivity contribution in [1.82, 2.24) is 10.2 Å². The summed E-state index contributed by atoms with van der Waals surface area (Å²) in [6.07, 6.45) is 1.14. The molecule has 1 N–H and O–H groups in total. The number of nitrogens with one attached hydrogen (secondary N) is 1. The van der Waals surface area contributed by atoms with Gasteiger partial charge < -0.3 is 10.2 Å². The Bertz CT molecular complexity index is 1450. The number of hydrogen-bond donors (Lipinski definition) is 1. The monoisotopic (exact) mass is 591 g/mol. The van der Waals surface area contributed by atoms with Crippen molar-refractivity contribution >= 4 is 27.5 Å². The molecule has 0 heterocycles. The second kappa shape index (κ2) is 14.5. The van der Waals surface area contributed by atoms with Crippen LogP contribution < -0.4 is 9.62 Å². The highest BCUT2D eigenvalue weighted by molar-refractivity contribution is 7.92. The van der Waals surface area contributed by atoms with Gasteiger partial charge in [-0.1, -0.05) is 87.4 Å². The fraction of sp³-hybridized carbons (Fsp3) is 0.412. The predicted molar refractivity (Wildman–Crippen MR) is 170 cm³/mol. The van der Waals surface area contributed by atoms with Crippen molar-refractivity contribution in [3.63, 3.8) is 0 Å². The molecule has 0 aliphatic heterocycles. The van der Waals surface area contributed by atoms with Gasteiger partial charge in [-0.15, -0.1) is 0 Å². The zero-order valence-electron chi connectivity index (χ0n) is 25.9. The minimum absolute atomic E-state index is 0.0552. The molecule has 0 aromatic heterocycles. The van der Waals surface area contributed by atoms with Gasteiger partial charge in [0.05, 0.1) is 10.6 Å². The van der Waals surface area contributed by atoms with Gasteiger partial charge in [0.25, 0.3) is 10.0 Å². The zero-order valence-corrected chi connectivity index (χ0v) is 26.7. The first-order valence-electron chi connectivity index (χ1n) is 14.7. The second-order valence-electron chi connectivity index (χ2n) is 11.3. The van der Waals surface area contributed by atoms with Crippen molar-refractivity contribution < 1.29 is 18.0 Å². The van der Waals surface area contributed by atoms with Crippen LogP contribution in [0.15, 0.2) is 77.7 Å². The van der Waals surface area contributed by atoms with E-state index in [4.69, 9.17) is 0 Å². The molecule has 2 amide bonds. The Morgan fingerprint density at radius 3 is 2.02 bits per heavy atom. The van der Waals surface area contributed by atoms with Crippen LogP contribution in [0.1, 0.15) is 75.6 Å². The lowest BCUT2D eigenvalue weighted by atomic mass is 10.0. The van der Waals surface area contributed by atoms with E-state index < -0.39 is 28.5 Å². The first kappa shape index (κ1) is 32.9. The minimum atomic E-state index is -4.10. The molecule has 0 aliphatic carbocycles. The maximum absolute atomic E-state index is 14.2. The van der Waals surface area contributed by atoms with Gasteiger partial charge in [0, 0.05) is 12.6 Å². The van der Waals surface area contributed by atoms with Crippen molar-refractivity contribution in [2.45, 2.75) is 90.7 Å². The summed E-state index contributed by atoms with van der Waals surface area (Å²) in [5.41, 5.74) is 4.28. The lowest BCUT2D eigenvalue weighted by Crippen LogP contribution is -2.53. The average molecular weight is 592 g/mol. The minimum Gasteiger partial charge on any atom is -0.352 e. The smallest absolute Gasteiger partial charge is 0.264 e. The molecule has 3 aromatic carbocycles. The molecule has 0 saturated heterocycles. The van der Waals surface area contributed by atoms with Crippen LogP contribution in [-0.2, 0) is 26.2 Å². The Hall–Kier alpha value is -3.65. The van der Waals surface area contributed by atoms with Gasteiger partial charge in [0.2, 0.25) is 11.8 Å². The lowest BCUT2D eigenvalue weighted by molar-refractivity contribution is -0.140. The summed E-state index contributed by atoms with van der Waals surface area (Å²) in [5.74, 6) is -0.435. The van der Waals surface area contributed by atoms with Crippen LogP contribution in [0.25, 0.3) is 0 Å². The largest absolute Gasteiger partial charge is 0.352 e. The highest BCUT2D eigenvalue weighted by atomic mass is 32.2. The Morgan fingerprint density at radius 2 is 1.48 bits per heavy atom. The van der Waals surface area contributed by atoms with E-state index in [2.05, 4.69) is 19.2 Å². The lowest BCUT2D eigenvalue weighted by Gasteiger charge is -2.34. The first-order chi connectivity index (χ1) is 19.9. The molecular weight excluding hydrogens is 546 g/mol. The number of amides is 2. The number of carbonyl (C=O) groups excluding carboxylic acids is 2. The SMILES string of the molecule is CC[C@@H](C)NC(=O)[C@H](CC)N(Cc1cccc(C)c1)C(=O)CN(c1ccc(C(C)C)cc1)S(=O)(=O)c1ccc(C)cc1. The van der Waals surface area contributed by atoms with Crippen LogP contribution in [0.4, 0.5) is 5.69 Å². The predicted octanol–water partition coefficient (Wildman–Crippen LogP) is 6.34. The van der Waals surface area contributed by atoms with E-state index in [0.29, 0.717) is 12.1 Å². The van der Waals surface area contributed by atoms with E-state index in [1.165, 1.54) is 4.90 Å². The summed E-state index contributed by atoms with van der Waals surface area (Å²) in [6.45, 7) is 13.5. The summed E-state index contributed by atoms with van der Waals surface area (Å²) in [6, 6.07) is 20.8. The zero-order chi connectivity index (χ0) is 31.0. The maximum atomic E-state index is 14.2. The van der Waals surface area contributed by atoms with Crippen LogP contribution in [-0.4, -0.2) is 43.8 Å². The molecule has 0 radical (unpaired) electrons. The number of aryl methyl sites for hydroxylation is 2. The molecular formula is C34H45N3O4S. The summed E-state index contributed by atoms with van der Waals surface area (Å²) in [7, 11) is -4.10. The molecule has 0 bridgehead atoms. The normalized spacial score (nSPS) is 13.0. The third kappa shape index (κ3) is 8.22. The standard InChI is InChI=1S/C34H45N3O4S/c1-8-27(7)35-34(39)32(9-2)36(22-28-12-10-11-26(6)21-28)33(38)23-37(30-17-15-29(16-18-30)24(3)4)42(40,41)31-19-13-25(5)14-20-31/h10-21,24,27,32H,8-9,22-23H2,1-7H3,(H,35,39)/t27-,32+/m1/s1. The summed E-state index contributed by atoms with van der Waals surface area (Å²) in [5, 5.41) is 3.01. The van der Waals surface area contributed by atoms with E-state index in [0.717, 1.165) is 33.0 Å². The van der Waals surface area contributed by atoms with Gasteiger partial charge in [0.15, 0.2) is 0 Å². The Kier molecular flexibility index (Phi) is 11.3. The summed E-state index contributed by atoms with van der Waals surface area (Å²) < 4.78 is 29.3. The highest BCUT2D eigenvalue weighted by Crippen LogP contribution is 2.27. The number of sulfonamides is 1. The first-order valence-corrected chi connectivity index (χ1v) is 16.2.